The average Bonchev–Trinajstić information content (AvgIpc) is 3.48. The fourth-order valence-corrected chi connectivity index (χ4v) is 4.72. The minimum Gasteiger partial charge on any atom is -0.298 e. The molecule has 0 aliphatic heterocycles. The van der Waals surface area contributed by atoms with Gasteiger partial charge in [0.15, 0.2) is 10.3 Å². The molecule has 2 aromatic heterocycles. The van der Waals surface area contributed by atoms with Crippen LogP contribution in [0.15, 0.2) is 71.4 Å². The zero-order chi connectivity index (χ0) is 23.2. The summed E-state index contributed by atoms with van der Waals surface area (Å²) in [4.78, 5) is 35.1. The fourth-order valence-electron chi connectivity index (χ4n) is 3.14. The molecule has 1 N–H and O–H groups in total. The van der Waals surface area contributed by atoms with Crippen molar-refractivity contribution < 1.29 is 9.59 Å². The number of amides is 2. The molecule has 0 radical (unpaired) electrons. The van der Waals surface area contributed by atoms with Crippen LogP contribution in [0.2, 0.25) is 0 Å². The van der Waals surface area contributed by atoms with E-state index in [-0.39, 0.29) is 11.8 Å². The Labute approximate surface area is 200 Å². The molecular formula is C25H22N4O2S2. The Kier molecular flexibility index (Phi) is 7.07. The number of thiazole rings is 2. The van der Waals surface area contributed by atoms with E-state index in [1.807, 2.05) is 47.8 Å². The summed E-state index contributed by atoms with van der Waals surface area (Å²) in [5.41, 5.74) is 4.46. The van der Waals surface area contributed by atoms with Gasteiger partial charge in [-0.3, -0.25) is 19.8 Å². The Bertz CT molecular complexity index is 1280. The average molecular weight is 475 g/mol. The van der Waals surface area contributed by atoms with Crippen LogP contribution in [0, 0.1) is 0 Å². The van der Waals surface area contributed by atoms with E-state index in [4.69, 9.17) is 0 Å². The zero-order valence-electron chi connectivity index (χ0n) is 18.2. The first-order valence-electron chi connectivity index (χ1n) is 10.4. The molecule has 4 aromatic rings. The number of carbonyl (C=O) groups excluding carboxylic acids is 2. The highest BCUT2D eigenvalue weighted by molar-refractivity contribution is 7.14. The molecule has 0 bridgehead atoms. The van der Waals surface area contributed by atoms with E-state index in [0.29, 0.717) is 16.0 Å². The van der Waals surface area contributed by atoms with Gasteiger partial charge in [-0.05, 0) is 30.2 Å². The van der Waals surface area contributed by atoms with Gasteiger partial charge in [0.2, 0.25) is 11.8 Å². The van der Waals surface area contributed by atoms with Crippen molar-refractivity contribution in [2.75, 3.05) is 10.2 Å². The highest BCUT2D eigenvalue weighted by atomic mass is 32.1. The van der Waals surface area contributed by atoms with E-state index in [2.05, 4.69) is 34.3 Å². The second kappa shape index (κ2) is 10.3. The molecule has 166 valence electrons. The first-order valence-corrected chi connectivity index (χ1v) is 12.1. The van der Waals surface area contributed by atoms with Crippen LogP contribution in [0.25, 0.3) is 17.3 Å². The second-order valence-electron chi connectivity index (χ2n) is 7.16. The van der Waals surface area contributed by atoms with Crippen molar-refractivity contribution in [3.63, 3.8) is 0 Å². The molecule has 0 aliphatic carbocycles. The monoisotopic (exact) mass is 474 g/mol. The van der Waals surface area contributed by atoms with Crippen LogP contribution in [0.3, 0.4) is 0 Å². The number of aromatic nitrogens is 2. The maximum absolute atomic E-state index is 12.4. The number of aryl methyl sites for hydroxylation is 1. The molecular weight excluding hydrogens is 452 g/mol. The van der Waals surface area contributed by atoms with Gasteiger partial charge in [0.1, 0.15) is 0 Å². The molecule has 0 saturated heterocycles. The molecule has 4 rings (SSSR count). The van der Waals surface area contributed by atoms with Crippen LogP contribution in [0.5, 0.6) is 0 Å². The number of benzene rings is 2. The van der Waals surface area contributed by atoms with Crippen molar-refractivity contribution in [2.45, 2.75) is 20.3 Å². The Morgan fingerprint density at radius 3 is 2.45 bits per heavy atom. The minimum absolute atomic E-state index is 0.132. The lowest BCUT2D eigenvalue weighted by Crippen LogP contribution is -2.22. The largest absolute Gasteiger partial charge is 0.298 e. The number of hydrogen-bond acceptors (Lipinski definition) is 6. The van der Waals surface area contributed by atoms with Crippen LogP contribution >= 0.6 is 22.7 Å². The second-order valence-corrected chi connectivity index (χ2v) is 8.85. The van der Waals surface area contributed by atoms with Gasteiger partial charge in [0.25, 0.3) is 0 Å². The molecule has 2 heterocycles. The van der Waals surface area contributed by atoms with Gasteiger partial charge in [-0.15, -0.1) is 22.7 Å². The fraction of sp³-hybridized carbons (Fsp3) is 0.120. The van der Waals surface area contributed by atoms with Gasteiger partial charge in [0, 0.05) is 29.3 Å². The summed E-state index contributed by atoms with van der Waals surface area (Å²) in [7, 11) is 0. The molecule has 8 heteroatoms. The summed E-state index contributed by atoms with van der Waals surface area (Å²) in [6.45, 7) is 3.62. The number of carbonyl (C=O) groups is 2. The van der Waals surface area contributed by atoms with Crippen molar-refractivity contribution in [3.8, 4) is 11.3 Å². The van der Waals surface area contributed by atoms with E-state index in [1.165, 1.54) is 41.2 Å². The third kappa shape index (κ3) is 5.60. The highest BCUT2D eigenvalue weighted by Crippen LogP contribution is 2.29. The zero-order valence-corrected chi connectivity index (χ0v) is 19.8. The molecule has 2 amide bonds. The van der Waals surface area contributed by atoms with Crippen molar-refractivity contribution in [1.82, 2.24) is 9.97 Å². The van der Waals surface area contributed by atoms with Crippen molar-refractivity contribution >= 4 is 56.5 Å². The Morgan fingerprint density at radius 2 is 1.76 bits per heavy atom. The van der Waals surface area contributed by atoms with Crippen LogP contribution in [-0.4, -0.2) is 21.8 Å². The van der Waals surface area contributed by atoms with Crippen LogP contribution in [-0.2, 0) is 16.0 Å². The van der Waals surface area contributed by atoms with Crippen LogP contribution in [0.4, 0.5) is 16.0 Å². The first kappa shape index (κ1) is 22.6. The Balaban J connectivity index is 1.41. The molecule has 0 fully saturated rings. The highest BCUT2D eigenvalue weighted by Gasteiger charge is 2.17. The molecule has 33 heavy (non-hydrogen) atoms. The summed E-state index contributed by atoms with van der Waals surface area (Å²) >= 11 is 2.72. The number of rotatable bonds is 7. The number of hydrogen-bond donors (Lipinski definition) is 1. The van der Waals surface area contributed by atoms with E-state index in [9.17, 15) is 9.59 Å². The normalized spacial score (nSPS) is 11.0. The van der Waals surface area contributed by atoms with Crippen molar-refractivity contribution in [2.24, 2.45) is 0 Å². The van der Waals surface area contributed by atoms with E-state index in [0.717, 1.165) is 23.4 Å². The lowest BCUT2D eigenvalue weighted by atomic mass is 10.1. The van der Waals surface area contributed by atoms with Gasteiger partial charge >= 0.3 is 0 Å². The van der Waals surface area contributed by atoms with E-state index >= 15 is 0 Å². The predicted octanol–water partition coefficient (Wildman–Crippen LogP) is 6.17. The number of para-hydroxylation sites is 1. The summed E-state index contributed by atoms with van der Waals surface area (Å²) in [6.07, 6.45) is 4.03. The number of nitrogens with zero attached hydrogens (tertiary/aromatic N) is 3. The topological polar surface area (TPSA) is 75.2 Å². The summed E-state index contributed by atoms with van der Waals surface area (Å²) in [5, 5.41) is 7.60. The Hall–Kier alpha value is -3.62. The molecule has 0 unspecified atom stereocenters. The maximum atomic E-state index is 12.4. The molecule has 0 saturated carbocycles. The molecule has 0 spiro atoms. The van der Waals surface area contributed by atoms with Crippen molar-refractivity contribution in [3.05, 3.63) is 82.7 Å². The van der Waals surface area contributed by atoms with Gasteiger partial charge in [-0.2, -0.15) is 0 Å². The third-order valence-corrected chi connectivity index (χ3v) is 6.43. The van der Waals surface area contributed by atoms with Gasteiger partial charge in [-0.25, -0.2) is 9.97 Å². The van der Waals surface area contributed by atoms with E-state index in [1.54, 1.807) is 16.4 Å². The SMILES string of the molecule is CCc1ccc(-c2csc(NC(=O)/C=C/c3csc(N(C(C)=O)c4ccccc4)n3)n2)cc1. The summed E-state index contributed by atoms with van der Waals surface area (Å²) in [6, 6.07) is 17.6. The van der Waals surface area contributed by atoms with Gasteiger partial charge in [0.05, 0.1) is 17.1 Å². The van der Waals surface area contributed by atoms with Gasteiger partial charge < -0.3 is 0 Å². The van der Waals surface area contributed by atoms with Crippen LogP contribution < -0.4 is 10.2 Å². The van der Waals surface area contributed by atoms with Gasteiger partial charge in [-0.1, -0.05) is 49.4 Å². The number of anilines is 3. The van der Waals surface area contributed by atoms with Crippen molar-refractivity contribution in [1.29, 1.82) is 0 Å². The lowest BCUT2D eigenvalue weighted by Gasteiger charge is -2.17. The van der Waals surface area contributed by atoms with Crippen LogP contribution in [0.1, 0.15) is 25.1 Å². The first-order chi connectivity index (χ1) is 16.0. The van der Waals surface area contributed by atoms with E-state index < -0.39 is 0 Å². The minimum atomic E-state index is -0.293. The molecule has 2 aromatic carbocycles. The summed E-state index contributed by atoms with van der Waals surface area (Å²) in [5.74, 6) is -0.425. The molecule has 0 atom stereocenters. The maximum Gasteiger partial charge on any atom is 0.250 e. The summed E-state index contributed by atoms with van der Waals surface area (Å²) < 4.78 is 0. The standard InChI is InChI=1S/C25H22N4O2S2/c1-3-18-9-11-19(12-10-18)22-16-32-24(27-22)28-23(31)14-13-20-15-33-25(26-20)29(17(2)30)21-7-5-4-6-8-21/h4-16H,3H2,1-2H3,(H,27,28,31)/b14-13+. The number of nitrogens with one attached hydrogen (secondary N) is 1. The quantitative estimate of drug-likeness (QED) is 0.325. The Morgan fingerprint density at radius 1 is 1.00 bits per heavy atom. The lowest BCUT2D eigenvalue weighted by molar-refractivity contribution is -0.116. The predicted molar refractivity (Wildman–Crippen MR) is 136 cm³/mol. The molecule has 0 aliphatic rings. The third-order valence-electron chi connectivity index (χ3n) is 4.83. The smallest absolute Gasteiger partial charge is 0.250 e. The molecule has 6 nitrogen and oxygen atoms in total.